The van der Waals surface area contributed by atoms with Crippen LogP contribution in [-0.4, -0.2) is 36.1 Å². The van der Waals surface area contributed by atoms with Crippen molar-refractivity contribution in [3.05, 3.63) is 39.1 Å². The largest absolute Gasteiger partial charge is 0.511 e. The van der Waals surface area contributed by atoms with Crippen LogP contribution in [0.4, 0.5) is 0 Å². The van der Waals surface area contributed by atoms with Crippen molar-refractivity contribution in [2.24, 2.45) is 5.16 Å². The number of allylic oxidation sites excluding steroid dienone is 2. The number of benzene rings is 1. The molecule has 2 aliphatic rings. The molecule has 162 valence electrons. The van der Waals surface area contributed by atoms with Crippen molar-refractivity contribution in [1.82, 2.24) is 0 Å². The van der Waals surface area contributed by atoms with Gasteiger partial charge in [0.2, 0.25) is 0 Å². The predicted molar refractivity (Wildman–Crippen MR) is 116 cm³/mol. The lowest BCUT2D eigenvalue weighted by Gasteiger charge is -2.31. The molecule has 0 saturated heterocycles. The molecule has 6 nitrogen and oxygen atoms in total. The van der Waals surface area contributed by atoms with Gasteiger partial charge >= 0.3 is 0 Å². The van der Waals surface area contributed by atoms with Crippen molar-refractivity contribution in [2.75, 3.05) is 13.7 Å². The first-order chi connectivity index (χ1) is 14.3. The van der Waals surface area contributed by atoms with Gasteiger partial charge in [0.05, 0.1) is 18.4 Å². The van der Waals surface area contributed by atoms with Crippen molar-refractivity contribution >= 4 is 17.3 Å². The van der Waals surface area contributed by atoms with E-state index >= 15 is 0 Å². The number of hydrogen-bond acceptors (Lipinski definition) is 6. The minimum absolute atomic E-state index is 0.0476. The number of hydrogen-bond donors (Lipinski definition) is 1. The van der Waals surface area contributed by atoms with E-state index in [2.05, 4.69) is 5.16 Å². The summed E-state index contributed by atoms with van der Waals surface area (Å²) in [4.78, 5) is 30.9. The highest BCUT2D eigenvalue weighted by Gasteiger charge is 2.36. The molecule has 0 amide bonds. The fraction of sp³-hybridized carbons (Fsp3) is 0.542. The maximum absolute atomic E-state index is 13.1. The third kappa shape index (κ3) is 3.75. The summed E-state index contributed by atoms with van der Waals surface area (Å²) in [5, 5.41) is 14.9. The van der Waals surface area contributed by atoms with Gasteiger partial charge in [0.15, 0.2) is 11.6 Å². The molecule has 0 aromatic heterocycles. The Labute approximate surface area is 177 Å². The van der Waals surface area contributed by atoms with Crippen LogP contribution in [0.1, 0.15) is 84.5 Å². The van der Waals surface area contributed by atoms with Crippen LogP contribution >= 0.6 is 0 Å². The maximum Gasteiger partial charge on any atom is 0.168 e. The molecular formula is C24H31NO5. The number of aliphatic hydroxyl groups excluding tert-OH is 1. The molecule has 1 aromatic carbocycles. The van der Waals surface area contributed by atoms with E-state index in [1.165, 1.54) is 0 Å². The van der Waals surface area contributed by atoms with Gasteiger partial charge in [0, 0.05) is 30.4 Å². The molecule has 0 radical (unpaired) electrons. The molecule has 1 atom stereocenters. The third-order valence-electron chi connectivity index (χ3n) is 6.18. The SMILES string of the molecule is CCO/N=C(/CC)C1=C(O)CC(c2c(C)c(OC)c(C)c3c2CCCC3=O)CC1=O. The Balaban J connectivity index is 2.11. The first-order valence-corrected chi connectivity index (χ1v) is 10.7. The summed E-state index contributed by atoms with van der Waals surface area (Å²) in [6, 6.07) is 0. The number of nitrogens with zero attached hydrogens (tertiary/aromatic N) is 1. The third-order valence-corrected chi connectivity index (χ3v) is 6.18. The Morgan fingerprint density at radius 3 is 2.43 bits per heavy atom. The molecule has 1 N–H and O–H groups in total. The Morgan fingerprint density at radius 1 is 1.10 bits per heavy atom. The standard InChI is InChI=1S/C24H31NO5/c1-6-17(25-30-7-2)23-19(27)11-15(12-20(23)28)21-13(3)24(29-5)14(4)22-16(21)9-8-10-18(22)26/h15,27H,6-12H2,1-5H3/b25-17-. The number of Topliss-reactive ketones (excluding diaryl/α,β-unsaturated/α-hetero) is 2. The molecule has 0 spiro atoms. The summed E-state index contributed by atoms with van der Waals surface area (Å²) < 4.78 is 5.65. The Bertz CT molecular complexity index is 942. The van der Waals surface area contributed by atoms with Crippen molar-refractivity contribution < 1.29 is 24.3 Å². The zero-order valence-electron chi connectivity index (χ0n) is 18.6. The smallest absolute Gasteiger partial charge is 0.168 e. The lowest BCUT2D eigenvalue weighted by Crippen LogP contribution is -2.26. The number of ketones is 2. The first-order valence-electron chi connectivity index (χ1n) is 10.7. The fourth-order valence-electron chi connectivity index (χ4n) is 5.01. The van der Waals surface area contributed by atoms with E-state index in [-0.39, 0.29) is 35.2 Å². The number of ether oxygens (including phenoxy) is 1. The summed E-state index contributed by atoms with van der Waals surface area (Å²) in [7, 11) is 1.61. The number of rotatable bonds is 6. The Morgan fingerprint density at radius 2 is 1.83 bits per heavy atom. The average Bonchev–Trinajstić information content (AvgIpc) is 2.70. The van der Waals surface area contributed by atoms with Crippen LogP contribution in [0, 0.1) is 13.8 Å². The molecule has 0 bridgehead atoms. The first kappa shape index (κ1) is 22.1. The van der Waals surface area contributed by atoms with E-state index < -0.39 is 0 Å². The molecule has 3 rings (SSSR count). The molecule has 30 heavy (non-hydrogen) atoms. The van der Waals surface area contributed by atoms with Crippen molar-refractivity contribution in [1.29, 1.82) is 0 Å². The summed E-state index contributed by atoms with van der Waals surface area (Å²) in [5.41, 5.74) is 5.34. The summed E-state index contributed by atoms with van der Waals surface area (Å²) in [6.07, 6.45) is 3.23. The topological polar surface area (TPSA) is 85.2 Å². The second-order valence-corrected chi connectivity index (χ2v) is 7.99. The number of carbonyl (C=O) groups excluding carboxylic acids is 2. The highest BCUT2D eigenvalue weighted by Crippen LogP contribution is 2.44. The quantitative estimate of drug-likeness (QED) is 0.530. The van der Waals surface area contributed by atoms with Crippen LogP contribution in [0.2, 0.25) is 0 Å². The molecule has 6 heteroatoms. The van der Waals surface area contributed by atoms with Crippen LogP contribution in [0.3, 0.4) is 0 Å². The zero-order valence-corrected chi connectivity index (χ0v) is 18.6. The number of aliphatic hydroxyl groups is 1. The van der Waals surface area contributed by atoms with Gasteiger partial charge in [0.1, 0.15) is 18.1 Å². The van der Waals surface area contributed by atoms with E-state index in [4.69, 9.17) is 9.57 Å². The molecular weight excluding hydrogens is 382 g/mol. The number of carbonyl (C=O) groups is 2. The zero-order chi connectivity index (χ0) is 22.0. The summed E-state index contributed by atoms with van der Waals surface area (Å²) in [6.45, 7) is 8.01. The van der Waals surface area contributed by atoms with Crippen LogP contribution in [0.25, 0.3) is 0 Å². The van der Waals surface area contributed by atoms with Gasteiger partial charge in [-0.3, -0.25) is 9.59 Å². The van der Waals surface area contributed by atoms with Gasteiger partial charge in [-0.2, -0.15) is 0 Å². The molecule has 0 heterocycles. The van der Waals surface area contributed by atoms with Crippen molar-refractivity contribution in [3.8, 4) is 5.75 Å². The monoisotopic (exact) mass is 413 g/mol. The highest BCUT2D eigenvalue weighted by molar-refractivity contribution is 6.23. The van der Waals surface area contributed by atoms with E-state index in [0.29, 0.717) is 37.3 Å². The molecule has 2 aliphatic carbocycles. The molecule has 1 aromatic rings. The number of methoxy groups -OCH3 is 1. The summed E-state index contributed by atoms with van der Waals surface area (Å²) >= 11 is 0. The normalized spacial score (nSPS) is 19.8. The van der Waals surface area contributed by atoms with E-state index in [1.54, 1.807) is 7.11 Å². The summed E-state index contributed by atoms with van der Waals surface area (Å²) in [5.74, 6) is 0.548. The van der Waals surface area contributed by atoms with E-state index in [0.717, 1.165) is 40.7 Å². The van der Waals surface area contributed by atoms with Gasteiger partial charge in [-0.15, -0.1) is 0 Å². The molecule has 0 aliphatic heterocycles. The minimum atomic E-state index is -0.194. The number of oxime groups is 1. The fourth-order valence-corrected chi connectivity index (χ4v) is 5.01. The molecule has 0 fully saturated rings. The lowest BCUT2D eigenvalue weighted by atomic mass is 9.73. The van der Waals surface area contributed by atoms with Gasteiger partial charge in [-0.25, -0.2) is 0 Å². The minimum Gasteiger partial charge on any atom is -0.511 e. The number of fused-ring (bicyclic) bond motifs is 1. The van der Waals surface area contributed by atoms with Crippen LogP contribution < -0.4 is 4.74 Å². The van der Waals surface area contributed by atoms with E-state index in [9.17, 15) is 14.7 Å². The Hall–Kier alpha value is -2.63. The molecule has 0 saturated carbocycles. The van der Waals surface area contributed by atoms with Crippen LogP contribution in [-0.2, 0) is 16.1 Å². The Kier molecular flexibility index (Phi) is 6.64. The second kappa shape index (κ2) is 9.02. The van der Waals surface area contributed by atoms with Crippen molar-refractivity contribution in [2.45, 2.75) is 72.1 Å². The van der Waals surface area contributed by atoms with Gasteiger partial charge in [-0.1, -0.05) is 12.1 Å². The van der Waals surface area contributed by atoms with Gasteiger partial charge in [-0.05, 0) is 62.6 Å². The average molecular weight is 414 g/mol. The van der Waals surface area contributed by atoms with E-state index in [1.807, 2.05) is 27.7 Å². The van der Waals surface area contributed by atoms with Crippen LogP contribution in [0.15, 0.2) is 16.5 Å². The second-order valence-electron chi connectivity index (χ2n) is 7.99. The highest BCUT2D eigenvalue weighted by atomic mass is 16.6. The predicted octanol–water partition coefficient (Wildman–Crippen LogP) is 4.89. The maximum atomic E-state index is 13.1. The lowest BCUT2D eigenvalue weighted by molar-refractivity contribution is -0.116. The molecule has 1 unspecified atom stereocenters. The van der Waals surface area contributed by atoms with Crippen LogP contribution in [0.5, 0.6) is 5.75 Å². The van der Waals surface area contributed by atoms with Gasteiger partial charge < -0.3 is 14.7 Å². The van der Waals surface area contributed by atoms with Gasteiger partial charge in [0.25, 0.3) is 0 Å². The van der Waals surface area contributed by atoms with Crippen molar-refractivity contribution in [3.63, 3.8) is 0 Å².